The van der Waals surface area contributed by atoms with Crippen LogP contribution in [0.15, 0.2) is 48.5 Å². The zero-order valence-corrected chi connectivity index (χ0v) is 12.2. The number of para-hydroxylation sites is 3. The van der Waals surface area contributed by atoms with E-state index in [-0.39, 0.29) is 0 Å². The molecule has 0 radical (unpaired) electrons. The molecule has 0 atom stereocenters. The first-order valence-corrected chi connectivity index (χ1v) is 6.72. The van der Waals surface area contributed by atoms with Crippen LogP contribution in [0, 0.1) is 11.3 Å². The van der Waals surface area contributed by atoms with E-state index in [0.717, 1.165) is 11.4 Å². The maximum atomic E-state index is 9.02. The summed E-state index contributed by atoms with van der Waals surface area (Å²) in [6, 6.07) is 17.2. The minimum absolute atomic E-state index is 0.493. The predicted molar refractivity (Wildman–Crippen MR) is 82.9 cm³/mol. The lowest BCUT2D eigenvalue weighted by molar-refractivity contribution is 0.324. The highest BCUT2D eigenvalue weighted by molar-refractivity contribution is 5.57. The molecule has 0 aliphatic carbocycles. The molecule has 2 aromatic rings. The summed E-state index contributed by atoms with van der Waals surface area (Å²) >= 11 is 0. The lowest BCUT2D eigenvalue weighted by atomic mass is 10.2. The normalized spacial score (nSPS) is 9.76. The second-order valence-electron chi connectivity index (χ2n) is 4.55. The van der Waals surface area contributed by atoms with Gasteiger partial charge in [-0.3, -0.25) is 0 Å². The van der Waals surface area contributed by atoms with Crippen LogP contribution in [0.2, 0.25) is 0 Å². The summed E-state index contributed by atoms with van der Waals surface area (Å²) in [5, 5.41) is 9.02. The van der Waals surface area contributed by atoms with E-state index >= 15 is 0 Å². The molecular formula is C17H18N2O2. The number of nitrogens with zero attached hydrogens (tertiary/aromatic N) is 2. The number of rotatable bonds is 6. The molecule has 0 saturated carbocycles. The summed E-state index contributed by atoms with van der Waals surface area (Å²) in [7, 11) is 3.64. The van der Waals surface area contributed by atoms with Gasteiger partial charge >= 0.3 is 0 Å². The number of methoxy groups -OCH3 is 1. The van der Waals surface area contributed by atoms with E-state index in [2.05, 4.69) is 11.0 Å². The van der Waals surface area contributed by atoms with Crippen molar-refractivity contribution in [3.8, 4) is 17.6 Å². The molecule has 0 amide bonds. The summed E-state index contributed by atoms with van der Waals surface area (Å²) in [6.45, 7) is 1.19. The van der Waals surface area contributed by atoms with E-state index in [1.54, 1.807) is 13.2 Å². The molecule has 4 heteroatoms. The average Bonchev–Trinajstić information content (AvgIpc) is 2.55. The van der Waals surface area contributed by atoms with Gasteiger partial charge in [0, 0.05) is 7.05 Å². The molecule has 0 aromatic heterocycles. The van der Waals surface area contributed by atoms with Crippen molar-refractivity contribution in [3.63, 3.8) is 0 Å². The van der Waals surface area contributed by atoms with Crippen LogP contribution in [0.4, 0.5) is 5.69 Å². The van der Waals surface area contributed by atoms with Crippen LogP contribution in [-0.2, 0) is 0 Å². The summed E-state index contributed by atoms with van der Waals surface area (Å²) in [5.41, 5.74) is 1.56. The third-order valence-electron chi connectivity index (χ3n) is 3.19. The highest BCUT2D eigenvalue weighted by Crippen LogP contribution is 2.26. The van der Waals surface area contributed by atoms with Gasteiger partial charge in [0.2, 0.25) is 0 Å². The number of anilines is 1. The van der Waals surface area contributed by atoms with Crippen LogP contribution in [-0.4, -0.2) is 27.3 Å². The van der Waals surface area contributed by atoms with Crippen LogP contribution in [0.3, 0.4) is 0 Å². The van der Waals surface area contributed by atoms with Crippen LogP contribution in [0.5, 0.6) is 11.5 Å². The van der Waals surface area contributed by atoms with Crippen LogP contribution in [0.25, 0.3) is 0 Å². The second kappa shape index (κ2) is 7.20. The minimum Gasteiger partial charge on any atom is -0.495 e. The maximum Gasteiger partial charge on any atom is 0.142 e. The summed E-state index contributed by atoms with van der Waals surface area (Å²) in [6.07, 6.45) is 0. The van der Waals surface area contributed by atoms with Gasteiger partial charge in [-0.05, 0) is 24.3 Å². The fourth-order valence-electron chi connectivity index (χ4n) is 2.04. The molecule has 108 valence electrons. The minimum atomic E-state index is 0.493. The molecule has 2 rings (SSSR count). The van der Waals surface area contributed by atoms with Gasteiger partial charge in [0.25, 0.3) is 0 Å². The predicted octanol–water partition coefficient (Wildman–Crippen LogP) is 3.08. The number of benzene rings is 2. The Morgan fingerprint density at radius 1 is 1.05 bits per heavy atom. The Labute approximate surface area is 125 Å². The van der Waals surface area contributed by atoms with Crippen molar-refractivity contribution in [1.29, 1.82) is 5.26 Å². The summed E-state index contributed by atoms with van der Waals surface area (Å²) in [4.78, 5) is 2.06. The smallest absolute Gasteiger partial charge is 0.142 e. The topological polar surface area (TPSA) is 45.5 Å². The highest BCUT2D eigenvalue weighted by atomic mass is 16.5. The number of hydrogen-bond acceptors (Lipinski definition) is 4. The molecule has 0 aliphatic rings. The molecule has 0 heterocycles. The molecule has 0 aliphatic heterocycles. The number of hydrogen-bond donors (Lipinski definition) is 0. The van der Waals surface area contributed by atoms with Gasteiger partial charge in [-0.15, -0.1) is 0 Å². The van der Waals surface area contributed by atoms with E-state index in [0.29, 0.717) is 24.5 Å². The van der Waals surface area contributed by atoms with Gasteiger partial charge in [0.1, 0.15) is 24.2 Å². The monoisotopic (exact) mass is 282 g/mol. The van der Waals surface area contributed by atoms with Gasteiger partial charge in [-0.2, -0.15) is 5.26 Å². The molecule has 0 spiro atoms. The van der Waals surface area contributed by atoms with Crippen molar-refractivity contribution in [2.45, 2.75) is 0 Å². The molecule has 0 saturated heterocycles. The van der Waals surface area contributed by atoms with Gasteiger partial charge in [-0.1, -0.05) is 24.3 Å². The Balaban J connectivity index is 1.96. The number of ether oxygens (including phenoxy) is 2. The Morgan fingerprint density at radius 3 is 2.43 bits per heavy atom. The third-order valence-corrected chi connectivity index (χ3v) is 3.19. The Morgan fingerprint density at radius 2 is 1.71 bits per heavy atom. The van der Waals surface area contributed by atoms with Gasteiger partial charge in [-0.25, -0.2) is 0 Å². The molecule has 4 nitrogen and oxygen atoms in total. The largest absolute Gasteiger partial charge is 0.495 e. The average molecular weight is 282 g/mol. The standard InChI is InChI=1S/C17H18N2O2/c1-19(15-8-4-6-10-17(15)20-2)11-12-21-16-9-5-3-7-14(16)13-18/h3-10H,11-12H2,1-2H3. The first kappa shape index (κ1) is 14.7. The summed E-state index contributed by atoms with van der Waals surface area (Å²) in [5.74, 6) is 1.45. The molecule has 0 unspecified atom stereocenters. The Hall–Kier alpha value is -2.67. The van der Waals surface area contributed by atoms with E-state index in [4.69, 9.17) is 14.7 Å². The fourth-order valence-corrected chi connectivity index (χ4v) is 2.04. The van der Waals surface area contributed by atoms with Gasteiger partial charge in [0.05, 0.1) is 24.9 Å². The van der Waals surface area contributed by atoms with Crippen molar-refractivity contribution < 1.29 is 9.47 Å². The number of likely N-dealkylation sites (N-methyl/N-ethyl adjacent to an activating group) is 1. The molecular weight excluding hydrogens is 264 g/mol. The SMILES string of the molecule is COc1ccccc1N(C)CCOc1ccccc1C#N. The van der Waals surface area contributed by atoms with Crippen LogP contribution < -0.4 is 14.4 Å². The lowest BCUT2D eigenvalue weighted by Crippen LogP contribution is -2.24. The van der Waals surface area contributed by atoms with Crippen LogP contribution in [0.1, 0.15) is 5.56 Å². The highest BCUT2D eigenvalue weighted by Gasteiger charge is 2.08. The Bertz CT molecular complexity index is 635. The first-order valence-electron chi connectivity index (χ1n) is 6.72. The van der Waals surface area contributed by atoms with Crippen molar-refractivity contribution in [3.05, 3.63) is 54.1 Å². The van der Waals surface area contributed by atoms with Crippen molar-refractivity contribution in [2.75, 3.05) is 32.2 Å². The first-order chi connectivity index (χ1) is 10.3. The number of nitriles is 1. The van der Waals surface area contributed by atoms with Crippen LogP contribution >= 0.6 is 0 Å². The van der Waals surface area contributed by atoms with Gasteiger partial charge in [0.15, 0.2) is 0 Å². The van der Waals surface area contributed by atoms with E-state index in [1.807, 2.05) is 49.5 Å². The van der Waals surface area contributed by atoms with Gasteiger partial charge < -0.3 is 14.4 Å². The quantitative estimate of drug-likeness (QED) is 0.816. The van der Waals surface area contributed by atoms with E-state index < -0.39 is 0 Å². The van der Waals surface area contributed by atoms with E-state index in [1.165, 1.54) is 0 Å². The third kappa shape index (κ3) is 3.67. The zero-order valence-electron chi connectivity index (χ0n) is 12.2. The summed E-state index contributed by atoms with van der Waals surface area (Å²) < 4.78 is 11.0. The zero-order chi connectivity index (χ0) is 15.1. The van der Waals surface area contributed by atoms with Crippen molar-refractivity contribution in [1.82, 2.24) is 0 Å². The Kier molecular flexibility index (Phi) is 5.05. The second-order valence-corrected chi connectivity index (χ2v) is 4.55. The van der Waals surface area contributed by atoms with Crippen molar-refractivity contribution in [2.24, 2.45) is 0 Å². The maximum absolute atomic E-state index is 9.02. The van der Waals surface area contributed by atoms with Crippen molar-refractivity contribution >= 4 is 5.69 Å². The van der Waals surface area contributed by atoms with E-state index in [9.17, 15) is 0 Å². The molecule has 2 aromatic carbocycles. The molecule has 21 heavy (non-hydrogen) atoms. The molecule has 0 bridgehead atoms. The molecule has 0 N–H and O–H groups in total. The lowest BCUT2D eigenvalue weighted by Gasteiger charge is -2.21. The molecule has 0 fully saturated rings. The fraction of sp³-hybridized carbons (Fsp3) is 0.235.